The maximum atomic E-state index is 13.9. The number of hydrogen-bond donors (Lipinski definition) is 0. The summed E-state index contributed by atoms with van der Waals surface area (Å²) in [7, 11) is 0. The molecule has 5 heterocycles. The van der Waals surface area contributed by atoms with Crippen molar-refractivity contribution in [1.82, 2.24) is 29.3 Å². The summed E-state index contributed by atoms with van der Waals surface area (Å²) in [6.07, 6.45) is 9.67. The van der Waals surface area contributed by atoms with Gasteiger partial charge in [-0.05, 0) is 50.1 Å². The van der Waals surface area contributed by atoms with Gasteiger partial charge in [-0.1, -0.05) is 6.07 Å². The highest BCUT2D eigenvalue weighted by Gasteiger charge is 2.58. The molecule has 0 N–H and O–H groups in total. The number of likely N-dealkylation sites (tertiary alicyclic amines) is 2. The van der Waals surface area contributed by atoms with Crippen molar-refractivity contribution in [2.24, 2.45) is 5.41 Å². The maximum absolute atomic E-state index is 13.9. The molecule has 2 aliphatic rings. The summed E-state index contributed by atoms with van der Waals surface area (Å²) >= 11 is 0. The summed E-state index contributed by atoms with van der Waals surface area (Å²) < 4.78 is 2.06. The number of rotatable bonds is 5. The van der Waals surface area contributed by atoms with Crippen molar-refractivity contribution in [3.8, 4) is 0 Å². The molecule has 2 saturated heterocycles. The zero-order valence-corrected chi connectivity index (χ0v) is 19.0. The fourth-order valence-corrected chi connectivity index (χ4v) is 5.10. The van der Waals surface area contributed by atoms with Gasteiger partial charge < -0.3 is 14.4 Å². The van der Waals surface area contributed by atoms with Crippen LogP contribution < -0.4 is 0 Å². The van der Waals surface area contributed by atoms with Crippen LogP contribution in [0.25, 0.3) is 0 Å². The standard InChI is InChI=1S/C25H28N6O2/c1-18(2)31-15-22(28-17-31)20-14-30(23(32)21-5-3-4-9-27-21)16-25(20)8-12-29(24(25)33)13-19-6-10-26-11-7-19/h3-7,9-11,15,17-18,20H,8,12-14,16H2,1-2H3. The fourth-order valence-electron chi connectivity index (χ4n) is 5.10. The Morgan fingerprint density at radius 2 is 1.97 bits per heavy atom. The van der Waals surface area contributed by atoms with Crippen molar-refractivity contribution in [2.75, 3.05) is 19.6 Å². The van der Waals surface area contributed by atoms with Gasteiger partial charge in [0.15, 0.2) is 0 Å². The molecule has 0 aromatic carbocycles. The third kappa shape index (κ3) is 3.79. The second kappa shape index (κ2) is 8.42. The van der Waals surface area contributed by atoms with Crippen LogP contribution in [0.4, 0.5) is 0 Å². The lowest BCUT2D eigenvalue weighted by Crippen LogP contribution is -2.40. The SMILES string of the molecule is CC(C)n1cnc(C2CN(C(=O)c3ccccn3)CC23CCN(Cc2ccncc2)C3=O)c1. The van der Waals surface area contributed by atoms with Crippen molar-refractivity contribution in [1.29, 1.82) is 0 Å². The van der Waals surface area contributed by atoms with Crippen LogP contribution in [-0.2, 0) is 11.3 Å². The normalized spacial score (nSPS) is 22.6. The Balaban J connectivity index is 1.47. The molecular weight excluding hydrogens is 416 g/mol. The Morgan fingerprint density at radius 3 is 2.67 bits per heavy atom. The van der Waals surface area contributed by atoms with E-state index in [1.54, 1.807) is 35.6 Å². The third-order valence-electron chi connectivity index (χ3n) is 6.95. The summed E-state index contributed by atoms with van der Waals surface area (Å²) in [5, 5.41) is 0. The highest BCUT2D eigenvalue weighted by molar-refractivity contribution is 5.94. The molecule has 2 aliphatic heterocycles. The number of imidazole rings is 1. The molecule has 0 bridgehead atoms. The number of hydrogen-bond acceptors (Lipinski definition) is 5. The van der Waals surface area contributed by atoms with E-state index in [-0.39, 0.29) is 23.8 Å². The van der Waals surface area contributed by atoms with Crippen LogP contribution in [-0.4, -0.2) is 60.8 Å². The first-order valence-corrected chi connectivity index (χ1v) is 11.4. The van der Waals surface area contributed by atoms with Gasteiger partial charge in [0.2, 0.25) is 5.91 Å². The van der Waals surface area contributed by atoms with Crippen LogP contribution in [0.5, 0.6) is 0 Å². The smallest absolute Gasteiger partial charge is 0.272 e. The van der Waals surface area contributed by atoms with Gasteiger partial charge in [-0.2, -0.15) is 0 Å². The maximum Gasteiger partial charge on any atom is 0.272 e. The van der Waals surface area contributed by atoms with Gasteiger partial charge >= 0.3 is 0 Å². The Hall–Kier alpha value is -3.55. The zero-order chi connectivity index (χ0) is 23.0. The topological polar surface area (TPSA) is 84.2 Å². The third-order valence-corrected chi connectivity index (χ3v) is 6.95. The number of carbonyl (C=O) groups excluding carboxylic acids is 2. The first kappa shape index (κ1) is 21.3. The Labute approximate surface area is 193 Å². The summed E-state index contributed by atoms with van der Waals surface area (Å²) in [4.78, 5) is 43.8. The molecule has 170 valence electrons. The van der Waals surface area contributed by atoms with Gasteiger partial charge in [-0.15, -0.1) is 0 Å². The molecule has 0 radical (unpaired) electrons. The molecule has 1 spiro atoms. The summed E-state index contributed by atoms with van der Waals surface area (Å²) in [5.74, 6) is -0.194. The van der Waals surface area contributed by atoms with Crippen molar-refractivity contribution >= 4 is 11.8 Å². The summed E-state index contributed by atoms with van der Waals surface area (Å²) in [5.41, 5.74) is 1.66. The minimum absolute atomic E-state index is 0.0970. The lowest BCUT2D eigenvalue weighted by atomic mass is 9.75. The lowest BCUT2D eigenvalue weighted by Gasteiger charge is -2.27. The number of nitrogens with zero attached hydrogens (tertiary/aromatic N) is 6. The first-order valence-electron chi connectivity index (χ1n) is 11.4. The Morgan fingerprint density at radius 1 is 1.15 bits per heavy atom. The largest absolute Gasteiger partial charge is 0.338 e. The highest BCUT2D eigenvalue weighted by atomic mass is 16.2. The van der Waals surface area contributed by atoms with E-state index >= 15 is 0 Å². The van der Waals surface area contributed by atoms with Crippen molar-refractivity contribution in [3.05, 3.63) is 78.4 Å². The number of aromatic nitrogens is 4. The molecule has 2 unspecified atom stereocenters. The van der Waals surface area contributed by atoms with E-state index in [4.69, 9.17) is 0 Å². The van der Waals surface area contributed by atoms with Gasteiger partial charge in [0.25, 0.3) is 5.91 Å². The number of amides is 2. The second-order valence-electron chi connectivity index (χ2n) is 9.28. The van der Waals surface area contributed by atoms with Gasteiger partial charge in [-0.3, -0.25) is 19.6 Å². The molecule has 0 saturated carbocycles. The van der Waals surface area contributed by atoms with Crippen LogP contribution in [0.15, 0.2) is 61.4 Å². The molecule has 33 heavy (non-hydrogen) atoms. The van der Waals surface area contributed by atoms with Crippen molar-refractivity contribution in [3.63, 3.8) is 0 Å². The first-order chi connectivity index (χ1) is 16.0. The predicted octanol–water partition coefficient (Wildman–Crippen LogP) is 2.91. The van der Waals surface area contributed by atoms with E-state index < -0.39 is 5.41 Å². The van der Waals surface area contributed by atoms with E-state index in [2.05, 4.69) is 33.4 Å². The van der Waals surface area contributed by atoms with Gasteiger partial charge in [0.1, 0.15) is 5.69 Å². The second-order valence-corrected chi connectivity index (χ2v) is 9.28. The van der Waals surface area contributed by atoms with Gasteiger partial charge in [0.05, 0.1) is 17.4 Å². The molecule has 2 amide bonds. The van der Waals surface area contributed by atoms with Gasteiger partial charge in [0, 0.05) is 62.9 Å². The summed E-state index contributed by atoms with van der Waals surface area (Å²) in [6.45, 7) is 6.25. The van der Waals surface area contributed by atoms with E-state index in [1.165, 1.54) is 0 Å². The quantitative estimate of drug-likeness (QED) is 0.604. The molecular formula is C25H28N6O2. The van der Waals surface area contributed by atoms with Crippen LogP contribution in [0.1, 0.15) is 54.0 Å². The van der Waals surface area contributed by atoms with Crippen LogP contribution in [0, 0.1) is 5.41 Å². The van der Waals surface area contributed by atoms with Crippen molar-refractivity contribution < 1.29 is 9.59 Å². The molecule has 3 aromatic rings. The molecule has 2 fully saturated rings. The predicted molar refractivity (Wildman–Crippen MR) is 122 cm³/mol. The minimum Gasteiger partial charge on any atom is -0.338 e. The Kier molecular flexibility index (Phi) is 5.44. The average molecular weight is 445 g/mol. The number of carbonyl (C=O) groups is 2. The number of pyridine rings is 2. The fraction of sp³-hybridized carbons (Fsp3) is 0.400. The van der Waals surface area contributed by atoms with E-state index in [0.29, 0.717) is 38.3 Å². The van der Waals surface area contributed by atoms with E-state index in [9.17, 15) is 9.59 Å². The minimum atomic E-state index is -0.673. The molecule has 3 aromatic heterocycles. The average Bonchev–Trinajstić information content (AvgIpc) is 3.55. The lowest BCUT2D eigenvalue weighted by molar-refractivity contribution is -0.136. The molecule has 5 rings (SSSR count). The zero-order valence-electron chi connectivity index (χ0n) is 19.0. The van der Waals surface area contributed by atoms with Crippen LogP contribution in [0.2, 0.25) is 0 Å². The Bertz CT molecular complexity index is 1150. The molecule has 8 nitrogen and oxygen atoms in total. The molecule has 2 atom stereocenters. The van der Waals surface area contributed by atoms with E-state index in [0.717, 1.165) is 11.3 Å². The molecule has 8 heteroatoms. The highest BCUT2D eigenvalue weighted by Crippen LogP contribution is 2.50. The van der Waals surface area contributed by atoms with Crippen LogP contribution >= 0.6 is 0 Å². The summed E-state index contributed by atoms with van der Waals surface area (Å²) in [6, 6.07) is 9.48. The molecule has 0 aliphatic carbocycles. The van der Waals surface area contributed by atoms with Crippen molar-refractivity contribution in [2.45, 2.75) is 38.8 Å². The van der Waals surface area contributed by atoms with Crippen LogP contribution in [0.3, 0.4) is 0 Å². The monoisotopic (exact) mass is 444 g/mol. The van der Waals surface area contributed by atoms with Gasteiger partial charge in [-0.25, -0.2) is 4.98 Å². The van der Waals surface area contributed by atoms with E-state index in [1.807, 2.05) is 35.6 Å².